The van der Waals surface area contributed by atoms with Crippen LogP contribution in [0.5, 0.6) is 0 Å². The molecule has 0 saturated carbocycles. The summed E-state index contributed by atoms with van der Waals surface area (Å²) in [6.07, 6.45) is 6.64. The van der Waals surface area contributed by atoms with E-state index in [1.165, 1.54) is 6.33 Å². The molecule has 0 fully saturated rings. The SMILES string of the molecule is C(=Nc1cncnc1)c1ccsc1. The minimum atomic E-state index is 0.772. The number of aliphatic imine (C=N–C) groups is 1. The van der Waals surface area contributed by atoms with Gasteiger partial charge < -0.3 is 0 Å². The highest BCUT2D eigenvalue weighted by atomic mass is 32.1. The van der Waals surface area contributed by atoms with Crippen LogP contribution in [0.15, 0.2) is 40.5 Å². The van der Waals surface area contributed by atoms with E-state index in [4.69, 9.17) is 0 Å². The molecule has 0 aliphatic rings. The van der Waals surface area contributed by atoms with E-state index in [0.29, 0.717) is 0 Å². The van der Waals surface area contributed by atoms with Crippen LogP contribution in [0.2, 0.25) is 0 Å². The Balaban J connectivity index is 2.15. The van der Waals surface area contributed by atoms with Crippen molar-refractivity contribution in [2.24, 2.45) is 4.99 Å². The number of nitrogens with zero attached hydrogens (tertiary/aromatic N) is 3. The Morgan fingerprint density at radius 3 is 2.85 bits per heavy atom. The van der Waals surface area contributed by atoms with Crippen molar-refractivity contribution in [3.8, 4) is 0 Å². The molecule has 4 heteroatoms. The second-order valence-electron chi connectivity index (χ2n) is 2.41. The Bertz CT molecular complexity index is 381. The molecule has 2 heterocycles. The third-order valence-corrected chi connectivity index (χ3v) is 2.15. The Morgan fingerprint density at radius 2 is 2.15 bits per heavy atom. The second-order valence-corrected chi connectivity index (χ2v) is 3.19. The zero-order valence-corrected chi connectivity index (χ0v) is 7.61. The first kappa shape index (κ1) is 8.07. The fraction of sp³-hybridized carbons (Fsp3) is 0. The molecule has 0 bridgehead atoms. The van der Waals surface area contributed by atoms with E-state index >= 15 is 0 Å². The molecule has 3 nitrogen and oxygen atoms in total. The molecule has 0 radical (unpaired) electrons. The molecule has 64 valence electrons. The maximum Gasteiger partial charge on any atom is 0.115 e. The molecule has 0 saturated heterocycles. The van der Waals surface area contributed by atoms with Gasteiger partial charge >= 0.3 is 0 Å². The Hall–Kier alpha value is -1.55. The first-order valence-electron chi connectivity index (χ1n) is 3.76. The molecule has 2 aromatic rings. The predicted octanol–water partition coefficient (Wildman–Crippen LogP) is 2.29. The molecular weight excluding hydrogens is 182 g/mol. The first-order valence-corrected chi connectivity index (χ1v) is 4.71. The van der Waals surface area contributed by atoms with Gasteiger partial charge in [-0.15, -0.1) is 0 Å². The van der Waals surface area contributed by atoms with Gasteiger partial charge in [0.25, 0.3) is 0 Å². The maximum absolute atomic E-state index is 4.21. The molecule has 0 N–H and O–H groups in total. The summed E-state index contributed by atoms with van der Waals surface area (Å²) in [6, 6.07) is 2.01. The summed E-state index contributed by atoms with van der Waals surface area (Å²) in [5, 5.41) is 4.05. The topological polar surface area (TPSA) is 38.1 Å². The molecular formula is C9H7N3S. The van der Waals surface area contributed by atoms with E-state index in [2.05, 4.69) is 15.0 Å². The summed E-state index contributed by atoms with van der Waals surface area (Å²) in [5.74, 6) is 0. The van der Waals surface area contributed by atoms with E-state index in [1.54, 1.807) is 29.9 Å². The summed E-state index contributed by atoms with van der Waals surface area (Å²) in [5.41, 5.74) is 1.88. The van der Waals surface area contributed by atoms with Gasteiger partial charge in [0.1, 0.15) is 6.33 Å². The molecule has 0 aliphatic carbocycles. The van der Waals surface area contributed by atoms with Crippen LogP contribution < -0.4 is 0 Å². The maximum atomic E-state index is 4.21. The van der Waals surface area contributed by atoms with E-state index in [9.17, 15) is 0 Å². The standard InChI is InChI=1S/C9H7N3S/c1-2-13-6-8(1)3-12-9-4-10-7-11-5-9/h1-7H. The van der Waals surface area contributed by atoms with E-state index < -0.39 is 0 Å². The molecule has 0 amide bonds. The number of rotatable bonds is 2. The molecule has 0 atom stereocenters. The average Bonchev–Trinajstić information content (AvgIpc) is 2.69. The minimum absolute atomic E-state index is 0.772. The zero-order chi connectivity index (χ0) is 8.93. The summed E-state index contributed by atoms with van der Waals surface area (Å²) in [6.45, 7) is 0. The Labute approximate surface area is 79.8 Å². The highest BCUT2D eigenvalue weighted by Crippen LogP contribution is 2.08. The summed E-state index contributed by atoms with van der Waals surface area (Å²) < 4.78 is 0. The minimum Gasteiger partial charge on any atom is -0.253 e. The van der Waals surface area contributed by atoms with Crippen LogP contribution in [0.4, 0.5) is 5.69 Å². The van der Waals surface area contributed by atoms with Gasteiger partial charge in [-0.2, -0.15) is 11.3 Å². The van der Waals surface area contributed by atoms with E-state index in [0.717, 1.165) is 11.3 Å². The second kappa shape index (κ2) is 3.91. The summed E-state index contributed by atoms with van der Waals surface area (Å²) in [7, 11) is 0. The van der Waals surface area contributed by atoms with Crippen LogP contribution in [0.1, 0.15) is 5.56 Å². The lowest BCUT2D eigenvalue weighted by molar-refractivity contribution is 1.16. The fourth-order valence-electron chi connectivity index (χ4n) is 0.855. The van der Waals surface area contributed by atoms with Gasteiger partial charge in [-0.05, 0) is 16.8 Å². The van der Waals surface area contributed by atoms with Crippen LogP contribution in [-0.4, -0.2) is 16.2 Å². The lowest BCUT2D eigenvalue weighted by Gasteiger charge is -1.88. The van der Waals surface area contributed by atoms with E-state index in [1.807, 2.05) is 16.8 Å². The van der Waals surface area contributed by atoms with Crippen molar-refractivity contribution in [2.45, 2.75) is 0 Å². The van der Waals surface area contributed by atoms with Gasteiger partial charge in [0.15, 0.2) is 0 Å². The monoisotopic (exact) mass is 189 g/mol. The van der Waals surface area contributed by atoms with Crippen LogP contribution in [-0.2, 0) is 0 Å². The van der Waals surface area contributed by atoms with Crippen molar-refractivity contribution in [1.29, 1.82) is 0 Å². The molecule has 0 aliphatic heterocycles. The first-order chi connectivity index (χ1) is 6.45. The van der Waals surface area contributed by atoms with Gasteiger partial charge in [0, 0.05) is 11.8 Å². The molecule has 0 spiro atoms. The third kappa shape index (κ3) is 2.19. The molecule has 2 rings (SSSR count). The highest BCUT2D eigenvalue weighted by Gasteiger charge is 1.87. The van der Waals surface area contributed by atoms with Crippen LogP contribution in [0.25, 0.3) is 0 Å². The normalized spacial score (nSPS) is 10.8. The molecule has 13 heavy (non-hydrogen) atoms. The third-order valence-electron chi connectivity index (χ3n) is 1.45. The van der Waals surface area contributed by atoms with Crippen molar-refractivity contribution >= 4 is 23.2 Å². The summed E-state index contributed by atoms with van der Waals surface area (Å²) >= 11 is 1.65. The lowest BCUT2D eigenvalue weighted by atomic mass is 10.4. The van der Waals surface area contributed by atoms with Crippen LogP contribution in [0, 0.1) is 0 Å². The van der Waals surface area contributed by atoms with Gasteiger partial charge in [0.05, 0.1) is 18.1 Å². The van der Waals surface area contributed by atoms with Gasteiger partial charge in [0.2, 0.25) is 0 Å². The van der Waals surface area contributed by atoms with E-state index in [-0.39, 0.29) is 0 Å². The largest absolute Gasteiger partial charge is 0.253 e. The number of aromatic nitrogens is 2. The number of hydrogen-bond acceptors (Lipinski definition) is 4. The zero-order valence-electron chi connectivity index (χ0n) is 6.79. The smallest absolute Gasteiger partial charge is 0.115 e. The average molecular weight is 189 g/mol. The van der Waals surface area contributed by atoms with Crippen molar-refractivity contribution in [3.63, 3.8) is 0 Å². The summed E-state index contributed by atoms with van der Waals surface area (Å²) in [4.78, 5) is 11.9. The highest BCUT2D eigenvalue weighted by molar-refractivity contribution is 7.08. The van der Waals surface area contributed by atoms with Crippen molar-refractivity contribution < 1.29 is 0 Å². The van der Waals surface area contributed by atoms with Gasteiger partial charge in [-0.3, -0.25) is 4.99 Å². The van der Waals surface area contributed by atoms with Crippen molar-refractivity contribution in [1.82, 2.24) is 9.97 Å². The quantitative estimate of drug-likeness (QED) is 0.680. The van der Waals surface area contributed by atoms with Gasteiger partial charge in [-0.25, -0.2) is 9.97 Å². The number of thiophene rings is 1. The molecule has 2 aromatic heterocycles. The lowest BCUT2D eigenvalue weighted by Crippen LogP contribution is -1.76. The molecule has 0 unspecified atom stereocenters. The van der Waals surface area contributed by atoms with Crippen LogP contribution in [0.3, 0.4) is 0 Å². The Kier molecular flexibility index (Phi) is 2.43. The van der Waals surface area contributed by atoms with Gasteiger partial charge in [-0.1, -0.05) is 0 Å². The van der Waals surface area contributed by atoms with Crippen molar-refractivity contribution in [2.75, 3.05) is 0 Å². The fourth-order valence-corrected chi connectivity index (χ4v) is 1.47. The molecule has 0 aromatic carbocycles. The Morgan fingerprint density at radius 1 is 1.31 bits per heavy atom. The number of hydrogen-bond donors (Lipinski definition) is 0. The van der Waals surface area contributed by atoms with Crippen LogP contribution >= 0.6 is 11.3 Å². The predicted molar refractivity (Wildman–Crippen MR) is 53.6 cm³/mol. The van der Waals surface area contributed by atoms with Crippen molar-refractivity contribution in [3.05, 3.63) is 41.1 Å².